The number of benzene rings is 1. The predicted octanol–water partition coefficient (Wildman–Crippen LogP) is 2.81. The van der Waals surface area contributed by atoms with Crippen molar-refractivity contribution >= 4 is 5.91 Å². The summed E-state index contributed by atoms with van der Waals surface area (Å²) in [5, 5.41) is 13.1. The summed E-state index contributed by atoms with van der Waals surface area (Å²) in [4.78, 5) is 11.9. The second kappa shape index (κ2) is 6.71. The number of aliphatic hydroxyl groups is 1. The molecule has 2 rings (SSSR count). The normalized spacial score (nSPS) is 24.7. The van der Waals surface area contributed by atoms with Gasteiger partial charge in [-0.25, -0.2) is 0 Å². The van der Waals surface area contributed by atoms with Crippen molar-refractivity contribution in [1.82, 2.24) is 5.32 Å². The number of hydrogen-bond acceptors (Lipinski definition) is 2. The van der Waals surface area contributed by atoms with E-state index in [0.29, 0.717) is 12.0 Å². The molecule has 1 aliphatic carbocycles. The second-order valence-corrected chi connectivity index (χ2v) is 5.67. The lowest BCUT2D eigenvalue weighted by atomic mass is 9.87. The van der Waals surface area contributed by atoms with Crippen LogP contribution in [0, 0.1) is 5.92 Å². The molecule has 3 nitrogen and oxygen atoms in total. The molecule has 0 radical (unpaired) electrons. The Morgan fingerprint density at radius 1 is 1.37 bits per heavy atom. The third-order valence-electron chi connectivity index (χ3n) is 3.86. The fourth-order valence-corrected chi connectivity index (χ4v) is 2.82. The minimum atomic E-state index is -0.706. The summed E-state index contributed by atoms with van der Waals surface area (Å²) in [6.07, 6.45) is 4.02. The van der Waals surface area contributed by atoms with Gasteiger partial charge in [0.2, 0.25) is 5.91 Å². The summed E-state index contributed by atoms with van der Waals surface area (Å²) < 4.78 is 0. The Labute approximate surface area is 115 Å². The molecule has 1 aromatic rings. The molecule has 0 aliphatic heterocycles. The summed E-state index contributed by atoms with van der Waals surface area (Å²) in [6, 6.07) is 9.64. The molecule has 0 saturated heterocycles. The van der Waals surface area contributed by atoms with Gasteiger partial charge in [0.05, 0.1) is 12.5 Å². The Morgan fingerprint density at radius 2 is 2.11 bits per heavy atom. The van der Waals surface area contributed by atoms with Crippen LogP contribution < -0.4 is 5.32 Å². The molecule has 1 saturated carbocycles. The highest BCUT2D eigenvalue weighted by molar-refractivity contribution is 5.77. The Hall–Kier alpha value is -1.35. The SMILES string of the molecule is CC1CCCC(NC(=O)CC(O)c2ccccc2)C1. The van der Waals surface area contributed by atoms with Gasteiger partial charge in [-0.05, 0) is 24.3 Å². The first kappa shape index (κ1) is 14.1. The van der Waals surface area contributed by atoms with Crippen LogP contribution in [0.2, 0.25) is 0 Å². The fraction of sp³-hybridized carbons (Fsp3) is 0.562. The van der Waals surface area contributed by atoms with Crippen molar-refractivity contribution in [2.45, 2.75) is 51.2 Å². The fourth-order valence-electron chi connectivity index (χ4n) is 2.82. The highest BCUT2D eigenvalue weighted by Gasteiger charge is 2.21. The van der Waals surface area contributed by atoms with Gasteiger partial charge in [-0.15, -0.1) is 0 Å². The van der Waals surface area contributed by atoms with Gasteiger partial charge in [-0.1, -0.05) is 50.1 Å². The van der Waals surface area contributed by atoms with E-state index < -0.39 is 6.10 Å². The van der Waals surface area contributed by atoms with Gasteiger partial charge in [-0.3, -0.25) is 4.79 Å². The maximum Gasteiger partial charge on any atom is 0.223 e. The molecule has 3 unspecified atom stereocenters. The lowest BCUT2D eigenvalue weighted by Crippen LogP contribution is -2.38. The van der Waals surface area contributed by atoms with Gasteiger partial charge in [-0.2, -0.15) is 0 Å². The standard InChI is InChI=1S/C16H23NO2/c1-12-6-5-9-14(10-12)17-16(19)11-15(18)13-7-3-2-4-8-13/h2-4,7-8,12,14-15,18H,5-6,9-11H2,1H3,(H,17,19). The molecule has 0 aromatic heterocycles. The van der Waals surface area contributed by atoms with Gasteiger partial charge >= 0.3 is 0 Å². The zero-order valence-electron chi connectivity index (χ0n) is 11.5. The third kappa shape index (κ3) is 4.35. The van der Waals surface area contributed by atoms with Crippen molar-refractivity contribution in [2.24, 2.45) is 5.92 Å². The minimum Gasteiger partial charge on any atom is -0.388 e. The van der Waals surface area contributed by atoms with Crippen LogP contribution in [0.25, 0.3) is 0 Å². The van der Waals surface area contributed by atoms with E-state index >= 15 is 0 Å². The van der Waals surface area contributed by atoms with Gasteiger partial charge in [0.25, 0.3) is 0 Å². The summed E-state index contributed by atoms with van der Waals surface area (Å²) in [5.41, 5.74) is 0.801. The molecule has 1 aliphatic rings. The number of carbonyl (C=O) groups excluding carboxylic acids is 1. The van der Waals surface area contributed by atoms with Crippen molar-refractivity contribution < 1.29 is 9.90 Å². The molecule has 3 atom stereocenters. The van der Waals surface area contributed by atoms with Crippen LogP contribution in [0.5, 0.6) is 0 Å². The molecular formula is C16H23NO2. The number of amides is 1. The molecule has 104 valence electrons. The smallest absolute Gasteiger partial charge is 0.223 e. The Morgan fingerprint density at radius 3 is 2.79 bits per heavy atom. The highest BCUT2D eigenvalue weighted by atomic mass is 16.3. The van der Waals surface area contributed by atoms with Crippen molar-refractivity contribution in [3.8, 4) is 0 Å². The highest BCUT2D eigenvalue weighted by Crippen LogP contribution is 2.24. The molecule has 19 heavy (non-hydrogen) atoms. The van der Waals surface area contributed by atoms with E-state index in [4.69, 9.17) is 0 Å². The summed E-state index contributed by atoms with van der Waals surface area (Å²) in [6.45, 7) is 2.23. The lowest BCUT2D eigenvalue weighted by Gasteiger charge is -2.27. The van der Waals surface area contributed by atoms with Crippen LogP contribution in [0.4, 0.5) is 0 Å². The number of carbonyl (C=O) groups is 1. The number of aliphatic hydroxyl groups excluding tert-OH is 1. The molecule has 3 heteroatoms. The average molecular weight is 261 g/mol. The van der Waals surface area contributed by atoms with E-state index in [0.717, 1.165) is 18.4 Å². The molecule has 1 aromatic carbocycles. The van der Waals surface area contributed by atoms with Crippen molar-refractivity contribution in [3.63, 3.8) is 0 Å². The molecule has 1 fully saturated rings. The molecular weight excluding hydrogens is 238 g/mol. The summed E-state index contributed by atoms with van der Waals surface area (Å²) >= 11 is 0. The Balaban J connectivity index is 1.81. The molecule has 0 heterocycles. The zero-order chi connectivity index (χ0) is 13.7. The van der Waals surface area contributed by atoms with E-state index in [1.807, 2.05) is 30.3 Å². The molecule has 0 bridgehead atoms. The van der Waals surface area contributed by atoms with Crippen LogP contribution >= 0.6 is 0 Å². The summed E-state index contributed by atoms with van der Waals surface area (Å²) in [5.74, 6) is 0.647. The first-order valence-corrected chi connectivity index (χ1v) is 7.17. The van der Waals surface area contributed by atoms with E-state index in [9.17, 15) is 9.90 Å². The van der Waals surface area contributed by atoms with Crippen LogP contribution in [-0.4, -0.2) is 17.1 Å². The van der Waals surface area contributed by atoms with Crippen molar-refractivity contribution in [3.05, 3.63) is 35.9 Å². The average Bonchev–Trinajstić information content (AvgIpc) is 2.39. The predicted molar refractivity (Wildman–Crippen MR) is 75.6 cm³/mol. The first-order valence-electron chi connectivity index (χ1n) is 7.17. The molecule has 0 spiro atoms. The Kier molecular flexibility index (Phi) is 4.97. The topological polar surface area (TPSA) is 49.3 Å². The number of rotatable bonds is 4. The maximum absolute atomic E-state index is 11.9. The largest absolute Gasteiger partial charge is 0.388 e. The van der Waals surface area contributed by atoms with Gasteiger partial charge in [0, 0.05) is 6.04 Å². The quantitative estimate of drug-likeness (QED) is 0.875. The second-order valence-electron chi connectivity index (χ2n) is 5.67. The van der Waals surface area contributed by atoms with Crippen molar-refractivity contribution in [2.75, 3.05) is 0 Å². The lowest BCUT2D eigenvalue weighted by molar-refractivity contribution is -0.124. The summed E-state index contributed by atoms with van der Waals surface area (Å²) in [7, 11) is 0. The van der Waals surface area contributed by atoms with E-state index in [1.54, 1.807) is 0 Å². The van der Waals surface area contributed by atoms with Crippen LogP contribution in [0.3, 0.4) is 0 Å². The van der Waals surface area contributed by atoms with Crippen LogP contribution in [-0.2, 0) is 4.79 Å². The van der Waals surface area contributed by atoms with Gasteiger partial charge in [0.1, 0.15) is 0 Å². The van der Waals surface area contributed by atoms with Gasteiger partial charge < -0.3 is 10.4 Å². The van der Waals surface area contributed by atoms with Crippen LogP contribution in [0.15, 0.2) is 30.3 Å². The van der Waals surface area contributed by atoms with E-state index in [2.05, 4.69) is 12.2 Å². The maximum atomic E-state index is 11.9. The third-order valence-corrected chi connectivity index (χ3v) is 3.86. The number of nitrogens with one attached hydrogen (secondary N) is 1. The molecule has 1 amide bonds. The zero-order valence-corrected chi connectivity index (χ0v) is 11.5. The number of hydrogen-bond donors (Lipinski definition) is 2. The van der Waals surface area contributed by atoms with E-state index in [1.165, 1.54) is 12.8 Å². The Bertz CT molecular complexity index is 404. The monoisotopic (exact) mass is 261 g/mol. The van der Waals surface area contributed by atoms with E-state index in [-0.39, 0.29) is 12.3 Å². The minimum absolute atomic E-state index is 0.0459. The van der Waals surface area contributed by atoms with Gasteiger partial charge in [0.15, 0.2) is 0 Å². The molecule has 2 N–H and O–H groups in total. The first-order chi connectivity index (χ1) is 9.15. The van der Waals surface area contributed by atoms with Crippen LogP contribution in [0.1, 0.15) is 50.7 Å². The van der Waals surface area contributed by atoms with Crippen molar-refractivity contribution in [1.29, 1.82) is 0 Å².